The molecule has 0 amide bonds. The van der Waals surface area contributed by atoms with Crippen LogP contribution in [0.2, 0.25) is 0 Å². The topological polar surface area (TPSA) is 43.1 Å². The summed E-state index contributed by atoms with van der Waals surface area (Å²) in [5.41, 5.74) is 5.90. The third-order valence-electron chi connectivity index (χ3n) is 2.18. The SMILES string of the molecule is CC(C)C(=O)CC(N)C(C)(C)C. The van der Waals surface area contributed by atoms with Crippen LogP contribution in [-0.2, 0) is 4.79 Å². The van der Waals surface area contributed by atoms with Gasteiger partial charge in [0, 0.05) is 18.4 Å². The Morgan fingerprint density at radius 3 is 2.00 bits per heavy atom. The highest BCUT2D eigenvalue weighted by Gasteiger charge is 2.23. The second-order valence-corrected chi connectivity index (χ2v) is 4.80. The van der Waals surface area contributed by atoms with Gasteiger partial charge in [-0.1, -0.05) is 34.6 Å². The summed E-state index contributed by atoms with van der Waals surface area (Å²) in [6.45, 7) is 10.0. The molecule has 2 heteroatoms. The fourth-order valence-electron chi connectivity index (χ4n) is 0.759. The van der Waals surface area contributed by atoms with Crippen molar-refractivity contribution in [2.75, 3.05) is 0 Å². The molecule has 0 aromatic rings. The lowest BCUT2D eigenvalue weighted by Crippen LogP contribution is -2.37. The lowest BCUT2D eigenvalue weighted by Gasteiger charge is -2.26. The molecule has 1 atom stereocenters. The average Bonchev–Trinajstić information content (AvgIpc) is 1.85. The molecule has 0 fully saturated rings. The van der Waals surface area contributed by atoms with Crippen LogP contribution in [0.5, 0.6) is 0 Å². The van der Waals surface area contributed by atoms with E-state index >= 15 is 0 Å². The van der Waals surface area contributed by atoms with Crippen LogP contribution >= 0.6 is 0 Å². The summed E-state index contributed by atoms with van der Waals surface area (Å²) >= 11 is 0. The molecule has 2 N–H and O–H groups in total. The zero-order valence-electron chi connectivity index (χ0n) is 8.85. The van der Waals surface area contributed by atoms with E-state index in [9.17, 15) is 4.79 Å². The number of carbonyl (C=O) groups is 1. The van der Waals surface area contributed by atoms with E-state index in [0.29, 0.717) is 6.42 Å². The predicted octanol–water partition coefficient (Wildman–Crippen LogP) is 1.98. The first-order valence-electron chi connectivity index (χ1n) is 4.53. The van der Waals surface area contributed by atoms with Gasteiger partial charge in [-0.2, -0.15) is 0 Å². The van der Waals surface area contributed by atoms with Gasteiger partial charge in [0.05, 0.1) is 0 Å². The van der Waals surface area contributed by atoms with Gasteiger partial charge in [-0.05, 0) is 5.41 Å². The van der Waals surface area contributed by atoms with Crippen molar-refractivity contribution in [1.29, 1.82) is 0 Å². The monoisotopic (exact) mass is 171 g/mol. The third kappa shape index (κ3) is 3.86. The van der Waals surface area contributed by atoms with Crippen LogP contribution in [0.1, 0.15) is 41.0 Å². The summed E-state index contributed by atoms with van der Waals surface area (Å²) in [5, 5.41) is 0. The zero-order valence-corrected chi connectivity index (χ0v) is 8.85. The van der Waals surface area contributed by atoms with Crippen molar-refractivity contribution in [2.45, 2.75) is 47.1 Å². The van der Waals surface area contributed by atoms with Gasteiger partial charge in [0.1, 0.15) is 5.78 Å². The molecule has 0 rings (SSSR count). The van der Waals surface area contributed by atoms with Gasteiger partial charge in [-0.15, -0.1) is 0 Å². The van der Waals surface area contributed by atoms with Crippen LogP contribution in [0, 0.1) is 11.3 Å². The molecule has 1 unspecified atom stereocenters. The molecule has 0 bridgehead atoms. The average molecular weight is 171 g/mol. The smallest absolute Gasteiger partial charge is 0.136 e. The molecule has 12 heavy (non-hydrogen) atoms. The van der Waals surface area contributed by atoms with E-state index in [0.717, 1.165) is 0 Å². The number of rotatable bonds is 3. The minimum Gasteiger partial charge on any atom is -0.327 e. The van der Waals surface area contributed by atoms with E-state index in [-0.39, 0.29) is 23.2 Å². The molecule has 0 aromatic heterocycles. The van der Waals surface area contributed by atoms with Crippen LogP contribution in [0.3, 0.4) is 0 Å². The highest BCUT2D eigenvalue weighted by atomic mass is 16.1. The van der Waals surface area contributed by atoms with E-state index < -0.39 is 0 Å². The molecule has 72 valence electrons. The molecule has 0 aliphatic carbocycles. The molecule has 0 saturated heterocycles. The summed E-state index contributed by atoms with van der Waals surface area (Å²) in [7, 11) is 0. The highest BCUT2D eigenvalue weighted by molar-refractivity contribution is 5.80. The first-order chi connectivity index (χ1) is 5.25. The molecule has 0 radical (unpaired) electrons. The second-order valence-electron chi connectivity index (χ2n) is 4.80. The van der Waals surface area contributed by atoms with Crippen molar-refractivity contribution < 1.29 is 4.79 Å². The van der Waals surface area contributed by atoms with Gasteiger partial charge in [0.25, 0.3) is 0 Å². The van der Waals surface area contributed by atoms with Crippen molar-refractivity contribution in [3.05, 3.63) is 0 Å². The molecule has 0 heterocycles. The number of hydrogen-bond donors (Lipinski definition) is 1. The minimum absolute atomic E-state index is 0.0209. The molecule has 0 aliphatic heterocycles. The fraction of sp³-hybridized carbons (Fsp3) is 0.900. The maximum Gasteiger partial charge on any atom is 0.136 e. The van der Waals surface area contributed by atoms with Crippen LogP contribution in [0.4, 0.5) is 0 Å². The van der Waals surface area contributed by atoms with Crippen molar-refractivity contribution in [2.24, 2.45) is 17.1 Å². The highest BCUT2D eigenvalue weighted by Crippen LogP contribution is 2.20. The van der Waals surface area contributed by atoms with Crippen LogP contribution in [0.15, 0.2) is 0 Å². The van der Waals surface area contributed by atoms with E-state index in [2.05, 4.69) is 20.8 Å². The van der Waals surface area contributed by atoms with E-state index in [1.54, 1.807) is 0 Å². The van der Waals surface area contributed by atoms with Gasteiger partial charge in [0.15, 0.2) is 0 Å². The molecule has 2 nitrogen and oxygen atoms in total. The van der Waals surface area contributed by atoms with Crippen LogP contribution in [-0.4, -0.2) is 11.8 Å². The van der Waals surface area contributed by atoms with Crippen molar-refractivity contribution in [3.8, 4) is 0 Å². The summed E-state index contributed by atoms with van der Waals surface area (Å²) in [5.74, 6) is 0.371. The molecule has 0 aliphatic rings. The Morgan fingerprint density at radius 2 is 1.75 bits per heavy atom. The van der Waals surface area contributed by atoms with Gasteiger partial charge in [-0.25, -0.2) is 0 Å². The number of nitrogens with two attached hydrogens (primary N) is 1. The first kappa shape index (κ1) is 11.6. The largest absolute Gasteiger partial charge is 0.327 e. The normalized spacial score (nSPS) is 14.9. The molecular weight excluding hydrogens is 150 g/mol. The number of ketones is 1. The second kappa shape index (κ2) is 4.04. The maximum atomic E-state index is 11.3. The summed E-state index contributed by atoms with van der Waals surface area (Å²) in [4.78, 5) is 11.3. The molecular formula is C10H21NO. The number of hydrogen-bond acceptors (Lipinski definition) is 2. The Balaban J connectivity index is 4.02. The Morgan fingerprint density at radius 1 is 1.33 bits per heavy atom. The van der Waals surface area contributed by atoms with Gasteiger partial charge in [-0.3, -0.25) is 4.79 Å². The van der Waals surface area contributed by atoms with Crippen LogP contribution < -0.4 is 5.73 Å². The van der Waals surface area contributed by atoms with Crippen molar-refractivity contribution in [3.63, 3.8) is 0 Å². The summed E-state index contributed by atoms with van der Waals surface area (Å²) < 4.78 is 0. The summed E-state index contributed by atoms with van der Waals surface area (Å²) in [6.07, 6.45) is 0.501. The maximum absolute atomic E-state index is 11.3. The molecule has 0 aromatic carbocycles. The van der Waals surface area contributed by atoms with E-state index in [4.69, 9.17) is 5.73 Å². The zero-order chi connectivity index (χ0) is 9.94. The van der Waals surface area contributed by atoms with E-state index in [1.807, 2.05) is 13.8 Å². The standard InChI is InChI=1S/C10H21NO/c1-7(2)8(12)6-9(11)10(3,4)5/h7,9H,6,11H2,1-5H3. The van der Waals surface area contributed by atoms with Gasteiger partial charge >= 0.3 is 0 Å². The Kier molecular flexibility index (Phi) is 3.91. The minimum atomic E-state index is -0.0209. The lowest BCUT2D eigenvalue weighted by atomic mass is 9.83. The Labute approximate surface area is 75.5 Å². The van der Waals surface area contributed by atoms with Crippen molar-refractivity contribution >= 4 is 5.78 Å². The molecule has 0 saturated carbocycles. The Hall–Kier alpha value is -0.370. The predicted molar refractivity (Wildman–Crippen MR) is 51.9 cm³/mol. The van der Waals surface area contributed by atoms with Gasteiger partial charge < -0.3 is 5.73 Å². The fourth-order valence-corrected chi connectivity index (χ4v) is 0.759. The summed E-state index contributed by atoms with van der Waals surface area (Å²) in [6, 6.07) is -0.0209. The third-order valence-corrected chi connectivity index (χ3v) is 2.18. The quantitative estimate of drug-likeness (QED) is 0.705. The van der Waals surface area contributed by atoms with Crippen LogP contribution in [0.25, 0.3) is 0 Å². The number of carbonyl (C=O) groups excluding carboxylic acids is 1. The number of Topliss-reactive ketones (excluding diaryl/α,β-unsaturated/α-hetero) is 1. The van der Waals surface area contributed by atoms with Crippen molar-refractivity contribution in [1.82, 2.24) is 0 Å². The first-order valence-corrected chi connectivity index (χ1v) is 4.53. The molecule has 0 spiro atoms. The Bertz CT molecular complexity index is 156. The lowest BCUT2D eigenvalue weighted by molar-refractivity contribution is -0.122. The van der Waals surface area contributed by atoms with Gasteiger partial charge in [0.2, 0.25) is 0 Å². The van der Waals surface area contributed by atoms with E-state index in [1.165, 1.54) is 0 Å².